The quantitative estimate of drug-likeness (QED) is 0.413. The van der Waals surface area contributed by atoms with E-state index in [0.29, 0.717) is 27.7 Å². The summed E-state index contributed by atoms with van der Waals surface area (Å²) in [5, 5.41) is 0.395. The van der Waals surface area contributed by atoms with Gasteiger partial charge in [-0.15, -0.1) is 0 Å². The monoisotopic (exact) mass is 457 g/mol. The number of halogens is 1. The van der Waals surface area contributed by atoms with Gasteiger partial charge in [-0.25, -0.2) is 9.18 Å². The maximum Gasteiger partial charge on any atom is 0.337 e. The Morgan fingerprint density at radius 3 is 2.41 bits per heavy atom. The van der Waals surface area contributed by atoms with Gasteiger partial charge in [-0.1, -0.05) is 35.9 Å². The Balaban J connectivity index is 1.68. The molecule has 0 aliphatic carbocycles. The summed E-state index contributed by atoms with van der Waals surface area (Å²) in [5.41, 5.74) is 2.89. The Labute approximate surface area is 194 Å². The van der Waals surface area contributed by atoms with E-state index < -0.39 is 17.9 Å². The average molecular weight is 457 g/mol. The van der Waals surface area contributed by atoms with Gasteiger partial charge >= 0.3 is 5.97 Å². The number of carbonyl (C=O) groups excluding carboxylic acids is 2. The molecule has 7 heteroatoms. The van der Waals surface area contributed by atoms with E-state index in [1.54, 1.807) is 48.5 Å². The van der Waals surface area contributed by atoms with Gasteiger partial charge in [-0.3, -0.25) is 9.59 Å². The van der Waals surface area contributed by atoms with Crippen LogP contribution in [0.5, 0.6) is 0 Å². The second kappa shape index (κ2) is 8.26. The first-order chi connectivity index (χ1) is 16.4. The summed E-state index contributed by atoms with van der Waals surface area (Å²) in [6.07, 6.45) is 0. The molecule has 0 saturated heterocycles. The number of methoxy groups -OCH3 is 1. The molecular formula is C27H20FNO5. The number of benzene rings is 3. The SMILES string of the molecule is COC(=O)c1ccc([C@H]2c3c(oc4ccc(C)cc4c3=O)C(=O)N2Cc2ccc(F)cc2)cc1. The van der Waals surface area contributed by atoms with Gasteiger partial charge in [0.1, 0.15) is 11.4 Å². The van der Waals surface area contributed by atoms with Crippen LogP contribution in [-0.4, -0.2) is 23.9 Å². The molecule has 4 aromatic rings. The van der Waals surface area contributed by atoms with Crippen molar-refractivity contribution >= 4 is 22.8 Å². The summed E-state index contributed by atoms with van der Waals surface area (Å²) in [7, 11) is 1.30. The van der Waals surface area contributed by atoms with Crippen LogP contribution in [0, 0.1) is 12.7 Å². The average Bonchev–Trinajstić information content (AvgIpc) is 3.12. The van der Waals surface area contributed by atoms with Crippen molar-refractivity contribution in [1.82, 2.24) is 4.90 Å². The Hall–Kier alpha value is -4.26. The minimum absolute atomic E-state index is 0.00879. The van der Waals surface area contributed by atoms with Crippen LogP contribution in [0.4, 0.5) is 4.39 Å². The zero-order chi connectivity index (χ0) is 24.0. The van der Waals surface area contributed by atoms with Gasteiger partial charge in [0, 0.05) is 6.54 Å². The van der Waals surface area contributed by atoms with Gasteiger partial charge < -0.3 is 14.1 Å². The van der Waals surface area contributed by atoms with Crippen LogP contribution < -0.4 is 5.43 Å². The van der Waals surface area contributed by atoms with Crippen LogP contribution in [0.3, 0.4) is 0 Å². The number of fused-ring (bicyclic) bond motifs is 2. The molecule has 1 aliphatic rings. The number of rotatable bonds is 4. The summed E-state index contributed by atoms with van der Waals surface area (Å²) < 4.78 is 24.1. The minimum Gasteiger partial charge on any atom is -0.465 e. The summed E-state index contributed by atoms with van der Waals surface area (Å²) in [6, 6.07) is 16.9. The second-order valence-electron chi connectivity index (χ2n) is 8.25. The topological polar surface area (TPSA) is 76.8 Å². The van der Waals surface area contributed by atoms with Crippen molar-refractivity contribution in [2.45, 2.75) is 19.5 Å². The smallest absolute Gasteiger partial charge is 0.337 e. The van der Waals surface area contributed by atoms with E-state index in [-0.39, 0.29) is 29.1 Å². The zero-order valence-electron chi connectivity index (χ0n) is 18.5. The molecule has 1 aromatic heterocycles. The first kappa shape index (κ1) is 21.6. The third kappa shape index (κ3) is 3.55. The van der Waals surface area contributed by atoms with Gasteiger partial charge in [0.25, 0.3) is 5.91 Å². The molecule has 5 rings (SSSR count). The molecule has 2 heterocycles. The number of ether oxygens (including phenoxy) is 1. The molecule has 0 N–H and O–H groups in total. The molecule has 0 bridgehead atoms. The highest BCUT2D eigenvalue weighted by atomic mass is 19.1. The summed E-state index contributed by atoms with van der Waals surface area (Å²) in [6.45, 7) is 2.02. The molecule has 0 saturated carbocycles. The molecule has 34 heavy (non-hydrogen) atoms. The van der Waals surface area contributed by atoms with Crippen LogP contribution in [0.1, 0.15) is 49.2 Å². The van der Waals surface area contributed by atoms with Crippen molar-refractivity contribution in [3.05, 3.63) is 116 Å². The fraction of sp³-hybridized carbons (Fsp3) is 0.148. The number of aryl methyl sites for hydroxylation is 1. The summed E-state index contributed by atoms with van der Waals surface area (Å²) >= 11 is 0. The molecule has 1 atom stereocenters. The maximum absolute atomic E-state index is 13.6. The summed E-state index contributed by atoms with van der Waals surface area (Å²) in [5.74, 6) is -1.31. The number of nitrogens with zero attached hydrogens (tertiary/aromatic N) is 1. The van der Waals surface area contributed by atoms with Crippen LogP contribution in [-0.2, 0) is 11.3 Å². The highest BCUT2D eigenvalue weighted by molar-refractivity contribution is 5.99. The number of amides is 1. The van der Waals surface area contributed by atoms with E-state index in [9.17, 15) is 18.8 Å². The number of hydrogen-bond acceptors (Lipinski definition) is 5. The highest BCUT2D eigenvalue weighted by Crippen LogP contribution is 2.39. The van der Waals surface area contributed by atoms with E-state index in [1.165, 1.54) is 24.1 Å². The molecule has 6 nitrogen and oxygen atoms in total. The van der Waals surface area contributed by atoms with Gasteiger partial charge in [0.05, 0.1) is 29.7 Å². The molecule has 1 amide bonds. The first-order valence-electron chi connectivity index (χ1n) is 10.7. The van der Waals surface area contributed by atoms with E-state index in [1.807, 2.05) is 13.0 Å². The van der Waals surface area contributed by atoms with Gasteiger partial charge in [0.15, 0.2) is 5.43 Å². The molecule has 0 radical (unpaired) electrons. The zero-order valence-corrected chi connectivity index (χ0v) is 18.5. The molecule has 0 unspecified atom stereocenters. The van der Waals surface area contributed by atoms with Crippen LogP contribution in [0.25, 0.3) is 11.0 Å². The fourth-order valence-corrected chi connectivity index (χ4v) is 4.35. The van der Waals surface area contributed by atoms with Crippen LogP contribution >= 0.6 is 0 Å². The Kier molecular flexibility index (Phi) is 5.24. The molecule has 3 aromatic carbocycles. The van der Waals surface area contributed by atoms with E-state index >= 15 is 0 Å². The third-order valence-corrected chi connectivity index (χ3v) is 6.03. The summed E-state index contributed by atoms with van der Waals surface area (Å²) in [4.78, 5) is 40.5. The lowest BCUT2D eigenvalue weighted by molar-refractivity contribution is 0.0599. The van der Waals surface area contributed by atoms with E-state index in [0.717, 1.165) is 5.56 Å². The first-order valence-corrected chi connectivity index (χ1v) is 10.7. The van der Waals surface area contributed by atoms with Crippen LogP contribution in [0.2, 0.25) is 0 Å². The van der Waals surface area contributed by atoms with Crippen molar-refractivity contribution in [1.29, 1.82) is 0 Å². The number of hydrogen-bond donors (Lipinski definition) is 0. The Bertz CT molecular complexity index is 1490. The second-order valence-corrected chi connectivity index (χ2v) is 8.25. The van der Waals surface area contributed by atoms with Gasteiger partial charge in [-0.2, -0.15) is 0 Å². The highest BCUT2D eigenvalue weighted by Gasteiger charge is 2.42. The Morgan fingerprint density at radius 2 is 1.74 bits per heavy atom. The lowest BCUT2D eigenvalue weighted by atomic mass is 9.97. The van der Waals surface area contributed by atoms with Crippen molar-refractivity contribution in [3.63, 3.8) is 0 Å². The molecular weight excluding hydrogens is 437 g/mol. The lowest BCUT2D eigenvalue weighted by Gasteiger charge is -2.25. The van der Waals surface area contributed by atoms with E-state index in [4.69, 9.17) is 9.15 Å². The Morgan fingerprint density at radius 1 is 1.03 bits per heavy atom. The molecule has 1 aliphatic heterocycles. The van der Waals surface area contributed by atoms with Crippen molar-refractivity contribution in [3.8, 4) is 0 Å². The van der Waals surface area contributed by atoms with Crippen molar-refractivity contribution in [2.75, 3.05) is 7.11 Å². The number of esters is 1. The largest absolute Gasteiger partial charge is 0.465 e. The predicted molar refractivity (Wildman–Crippen MR) is 123 cm³/mol. The third-order valence-electron chi connectivity index (χ3n) is 6.03. The normalized spacial score (nSPS) is 15.0. The predicted octanol–water partition coefficient (Wildman–Crippen LogP) is 4.77. The molecule has 170 valence electrons. The van der Waals surface area contributed by atoms with Crippen molar-refractivity contribution < 1.29 is 23.1 Å². The van der Waals surface area contributed by atoms with Gasteiger partial charge in [-0.05, 0) is 54.4 Å². The standard InChI is InChI=1S/C27H20FNO5/c1-15-3-12-21-20(13-15)24(30)22-23(17-6-8-18(9-7-17)27(32)33-2)29(26(31)25(22)34-21)14-16-4-10-19(28)11-5-16/h3-13,23H,14H2,1-2H3/t23-/m0/s1. The number of carbonyl (C=O) groups is 2. The maximum atomic E-state index is 13.6. The van der Waals surface area contributed by atoms with E-state index in [2.05, 4.69) is 0 Å². The van der Waals surface area contributed by atoms with Gasteiger partial charge in [0.2, 0.25) is 5.76 Å². The fourth-order valence-electron chi connectivity index (χ4n) is 4.35. The van der Waals surface area contributed by atoms with Crippen LogP contribution in [0.15, 0.2) is 75.9 Å². The minimum atomic E-state index is -0.736. The molecule has 0 fully saturated rings. The lowest BCUT2D eigenvalue weighted by Crippen LogP contribution is -2.29. The molecule has 0 spiro atoms. The van der Waals surface area contributed by atoms with Crippen molar-refractivity contribution in [2.24, 2.45) is 0 Å².